The summed E-state index contributed by atoms with van der Waals surface area (Å²) in [6, 6.07) is 1.02. The van der Waals surface area contributed by atoms with Crippen LogP contribution in [0.25, 0.3) is 0 Å². The van der Waals surface area contributed by atoms with Crippen molar-refractivity contribution in [2.75, 3.05) is 5.32 Å². The Kier molecular flexibility index (Phi) is 4.62. The number of anilines is 1. The van der Waals surface area contributed by atoms with E-state index in [0.717, 1.165) is 10.7 Å². The molecule has 124 valence electrons. The van der Waals surface area contributed by atoms with Crippen molar-refractivity contribution in [3.05, 3.63) is 46.8 Å². The molecule has 0 fully saturated rings. The van der Waals surface area contributed by atoms with Gasteiger partial charge in [0.05, 0.1) is 0 Å². The molecule has 0 unspecified atom stereocenters. The van der Waals surface area contributed by atoms with Crippen molar-refractivity contribution in [1.82, 2.24) is 9.78 Å². The Hall–Kier alpha value is -2.52. The molecule has 2 aromatic rings. The predicted molar refractivity (Wildman–Crippen MR) is 66.8 cm³/mol. The normalized spacial score (nSPS) is 11.1. The molecule has 4 nitrogen and oxygen atoms in total. The van der Waals surface area contributed by atoms with E-state index >= 15 is 0 Å². The highest BCUT2D eigenvalue weighted by atomic mass is 19.3. The van der Waals surface area contributed by atoms with Gasteiger partial charge in [-0.1, -0.05) is 0 Å². The van der Waals surface area contributed by atoms with Crippen LogP contribution in [0.5, 0.6) is 0 Å². The van der Waals surface area contributed by atoms with Crippen molar-refractivity contribution in [3.8, 4) is 0 Å². The monoisotopic (exact) mass is 337 g/mol. The van der Waals surface area contributed by atoms with E-state index in [-0.39, 0.29) is 11.8 Å². The highest BCUT2D eigenvalue weighted by Crippen LogP contribution is 2.24. The van der Waals surface area contributed by atoms with Crippen LogP contribution < -0.4 is 5.32 Å². The standard InChI is InChI=1S/C13H9F6N3O/c1-5-2-8(13(18)19)21-22(5)4-9(23)20-12-10(16)6(14)3-7(15)11(12)17/h2-3,13H,4H2,1H3,(H,20,23). The maximum absolute atomic E-state index is 13.4. The summed E-state index contributed by atoms with van der Waals surface area (Å²) in [5.74, 6) is -8.02. The number of hydrogen-bond donors (Lipinski definition) is 1. The quantitative estimate of drug-likeness (QED) is 0.687. The van der Waals surface area contributed by atoms with Crippen molar-refractivity contribution >= 4 is 11.6 Å². The van der Waals surface area contributed by atoms with E-state index in [1.807, 2.05) is 0 Å². The number of nitrogens with zero attached hydrogens (tertiary/aromatic N) is 2. The zero-order valence-electron chi connectivity index (χ0n) is 11.5. The van der Waals surface area contributed by atoms with Crippen LogP contribution in [0.1, 0.15) is 17.8 Å². The molecule has 0 spiro atoms. The van der Waals surface area contributed by atoms with Crippen molar-refractivity contribution in [2.45, 2.75) is 19.9 Å². The number of alkyl halides is 2. The van der Waals surface area contributed by atoms with E-state index < -0.39 is 53.5 Å². The Bertz CT molecular complexity index is 732. The Morgan fingerprint density at radius 3 is 2.22 bits per heavy atom. The molecule has 0 atom stereocenters. The smallest absolute Gasteiger partial charge is 0.282 e. The minimum Gasteiger partial charge on any atom is -0.319 e. The van der Waals surface area contributed by atoms with E-state index in [1.165, 1.54) is 6.92 Å². The van der Waals surface area contributed by atoms with Gasteiger partial charge in [0.15, 0.2) is 23.3 Å². The van der Waals surface area contributed by atoms with Crippen LogP contribution in [0.2, 0.25) is 0 Å². The average Bonchev–Trinajstić information content (AvgIpc) is 2.83. The fraction of sp³-hybridized carbons (Fsp3) is 0.231. The number of amides is 1. The first kappa shape index (κ1) is 16.8. The molecule has 1 N–H and O–H groups in total. The Morgan fingerprint density at radius 1 is 1.17 bits per heavy atom. The summed E-state index contributed by atoms with van der Waals surface area (Å²) in [5, 5.41) is 5.10. The van der Waals surface area contributed by atoms with Gasteiger partial charge in [0.1, 0.15) is 17.9 Å². The molecule has 1 aromatic carbocycles. The van der Waals surface area contributed by atoms with Crippen LogP contribution >= 0.6 is 0 Å². The molecule has 0 bridgehead atoms. The molecule has 0 aliphatic rings. The van der Waals surface area contributed by atoms with Gasteiger partial charge in [-0.25, -0.2) is 26.3 Å². The lowest BCUT2D eigenvalue weighted by Gasteiger charge is -2.09. The van der Waals surface area contributed by atoms with Crippen molar-refractivity contribution in [3.63, 3.8) is 0 Å². The molecule has 1 heterocycles. The molecule has 1 amide bonds. The van der Waals surface area contributed by atoms with Gasteiger partial charge in [-0.05, 0) is 13.0 Å². The predicted octanol–water partition coefficient (Wildman–Crippen LogP) is 3.32. The van der Waals surface area contributed by atoms with Gasteiger partial charge >= 0.3 is 0 Å². The van der Waals surface area contributed by atoms with Crippen molar-refractivity contribution < 1.29 is 31.1 Å². The minimum atomic E-state index is -2.86. The first-order valence-electron chi connectivity index (χ1n) is 6.16. The molecule has 0 aliphatic carbocycles. The highest BCUT2D eigenvalue weighted by molar-refractivity contribution is 5.90. The Labute approximate surface area is 125 Å². The number of halogens is 6. The van der Waals surface area contributed by atoms with E-state index in [4.69, 9.17) is 0 Å². The number of aryl methyl sites for hydroxylation is 1. The van der Waals surface area contributed by atoms with Gasteiger partial charge in [-0.15, -0.1) is 0 Å². The number of benzene rings is 1. The topological polar surface area (TPSA) is 46.9 Å². The van der Waals surface area contributed by atoms with E-state index in [1.54, 1.807) is 5.32 Å². The van der Waals surface area contributed by atoms with Crippen LogP contribution in [0.3, 0.4) is 0 Å². The lowest BCUT2D eigenvalue weighted by molar-refractivity contribution is -0.117. The summed E-state index contributed by atoms with van der Waals surface area (Å²) in [6.07, 6.45) is -2.86. The zero-order valence-corrected chi connectivity index (χ0v) is 11.5. The van der Waals surface area contributed by atoms with Gasteiger partial charge in [0.25, 0.3) is 6.43 Å². The second-order valence-electron chi connectivity index (χ2n) is 4.56. The second-order valence-corrected chi connectivity index (χ2v) is 4.56. The molecule has 0 aliphatic heterocycles. The van der Waals surface area contributed by atoms with E-state index in [0.29, 0.717) is 0 Å². The van der Waals surface area contributed by atoms with Crippen LogP contribution in [-0.4, -0.2) is 15.7 Å². The third-order valence-electron chi connectivity index (χ3n) is 2.89. The zero-order chi connectivity index (χ0) is 17.3. The third-order valence-corrected chi connectivity index (χ3v) is 2.89. The maximum atomic E-state index is 13.4. The maximum Gasteiger partial charge on any atom is 0.282 e. The van der Waals surface area contributed by atoms with Crippen LogP contribution in [0.15, 0.2) is 12.1 Å². The number of hydrogen-bond acceptors (Lipinski definition) is 2. The summed E-state index contributed by atoms with van der Waals surface area (Å²) in [4.78, 5) is 11.7. The summed E-state index contributed by atoms with van der Waals surface area (Å²) in [7, 11) is 0. The second kappa shape index (κ2) is 6.31. The van der Waals surface area contributed by atoms with Gasteiger partial charge in [-0.3, -0.25) is 9.48 Å². The van der Waals surface area contributed by atoms with Crippen molar-refractivity contribution in [1.29, 1.82) is 0 Å². The fourth-order valence-corrected chi connectivity index (χ4v) is 1.80. The molecule has 10 heteroatoms. The summed E-state index contributed by atoms with van der Waals surface area (Å²) < 4.78 is 78.7. The van der Waals surface area contributed by atoms with Gasteiger partial charge in [0, 0.05) is 11.8 Å². The number of carbonyl (C=O) groups is 1. The molecule has 0 saturated heterocycles. The average molecular weight is 337 g/mol. The van der Waals surface area contributed by atoms with Gasteiger partial charge in [-0.2, -0.15) is 5.10 Å². The highest BCUT2D eigenvalue weighted by Gasteiger charge is 2.22. The van der Waals surface area contributed by atoms with Crippen molar-refractivity contribution in [2.24, 2.45) is 0 Å². The summed E-state index contributed by atoms with van der Waals surface area (Å²) >= 11 is 0. The molecule has 23 heavy (non-hydrogen) atoms. The first-order chi connectivity index (χ1) is 10.7. The summed E-state index contributed by atoms with van der Waals surface area (Å²) in [6.45, 7) is 0.713. The molecular formula is C13H9F6N3O. The number of aromatic nitrogens is 2. The molecule has 1 aromatic heterocycles. The van der Waals surface area contributed by atoms with E-state index in [2.05, 4.69) is 5.10 Å². The Morgan fingerprint density at radius 2 is 1.74 bits per heavy atom. The van der Waals surface area contributed by atoms with Gasteiger partial charge < -0.3 is 5.32 Å². The van der Waals surface area contributed by atoms with Crippen LogP contribution in [-0.2, 0) is 11.3 Å². The lowest BCUT2D eigenvalue weighted by atomic mass is 10.2. The number of nitrogens with one attached hydrogen (secondary N) is 1. The first-order valence-corrected chi connectivity index (χ1v) is 6.16. The largest absolute Gasteiger partial charge is 0.319 e. The number of rotatable bonds is 4. The fourth-order valence-electron chi connectivity index (χ4n) is 1.80. The lowest BCUT2D eigenvalue weighted by Crippen LogP contribution is -2.22. The van der Waals surface area contributed by atoms with Crippen LogP contribution in [0, 0.1) is 30.2 Å². The third kappa shape index (κ3) is 3.46. The molecular weight excluding hydrogens is 328 g/mol. The Balaban J connectivity index is 2.21. The summed E-state index contributed by atoms with van der Waals surface area (Å²) in [5.41, 5.74) is -1.68. The minimum absolute atomic E-state index is 0.00706. The van der Waals surface area contributed by atoms with Gasteiger partial charge in [0.2, 0.25) is 5.91 Å². The molecule has 0 saturated carbocycles. The van der Waals surface area contributed by atoms with Crippen LogP contribution in [0.4, 0.5) is 32.0 Å². The molecule has 2 rings (SSSR count). The molecule has 0 radical (unpaired) electrons. The van der Waals surface area contributed by atoms with E-state index in [9.17, 15) is 31.1 Å². The SMILES string of the molecule is Cc1cc(C(F)F)nn1CC(=O)Nc1c(F)c(F)cc(F)c1F. The number of carbonyl (C=O) groups excluding carboxylic acids is 1.